The minimum Gasteiger partial charge on any atom is -0.503 e. The van der Waals surface area contributed by atoms with E-state index in [1.54, 1.807) is 4.90 Å². The fourth-order valence-electron chi connectivity index (χ4n) is 3.71. The lowest BCUT2D eigenvalue weighted by molar-refractivity contribution is -0.130. The molecule has 0 bridgehead atoms. The minimum absolute atomic E-state index is 0.163. The molecule has 0 saturated carbocycles. The number of hydrogen-bond acceptors (Lipinski definition) is 2. The van der Waals surface area contributed by atoms with Gasteiger partial charge < -0.3 is 10.0 Å². The van der Waals surface area contributed by atoms with Crippen LogP contribution in [-0.2, 0) is 11.3 Å². The fourth-order valence-corrected chi connectivity index (χ4v) is 3.71. The zero-order valence-corrected chi connectivity index (χ0v) is 16.1. The largest absolute Gasteiger partial charge is 0.503 e. The number of benzene rings is 3. The van der Waals surface area contributed by atoms with Gasteiger partial charge in [0.25, 0.3) is 5.91 Å². The lowest BCUT2D eigenvalue weighted by Crippen LogP contribution is -2.29. The van der Waals surface area contributed by atoms with Crippen molar-refractivity contribution < 1.29 is 9.90 Å². The fraction of sp³-hybridized carbons (Fsp3) is 0.160. The van der Waals surface area contributed by atoms with Gasteiger partial charge in [0.1, 0.15) is 0 Å². The van der Waals surface area contributed by atoms with Crippen molar-refractivity contribution in [2.24, 2.45) is 0 Å². The van der Waals surface area contributed by atoms with Crippen LogP contribution in [0, 0.1) is 13.8 Å². The van der Waals surface area contributed by atoms with Gasteiger partial charge in [0, 0.05) is 12.1 Å². The van der Waals surface area contributed by atoms with Crippen LogP contribution in [0.5, 0.6) is 0 Å². The third-order valence-corrected chi connectivity index (χ3v) is 5.26. The summed E-state index contributed by atoms with van der Waals surface area (Å²) in [4.78, 5) is 14.8. The Balaban J connectivity index is 1.80. The van der Waals surface area contributed by atoms with E-state index in [4.69, 9.17) is 0 Å². The average molecular weight is 369 g/mol. The summed E-state index contributed by atoms with van der Waals surface area (Å²) in [5, 5.41) is 10.8. The van der Waals surface area contributed by atoms with Crippen molar-refractivity contribution in [2.75, 3.05) is 0 Å². The first-order valence-corrected chi connectivity index (χ1v) is 9.46. The van der Waals surface area contributed by atoms with E-state index in [-0.39, 0.29) is 17.7 Å². The number of aliphatic hydroxyl groups excluding tert-OH is 1. The molecule has 140 valence electrons. The number of nitrogens with zero attached hydrogens (tertiary/aromatic N) is 1. The molecule has 1 N–H and O–H groups in total. The van der Waals surface area contributed by atoms with Crippen molar-refractivity contribution in [3.8, 4) is 0 Å². The Morgan fingerprint density at radius 3 is 2.00 bits per heavy atom. The molecule has 0 saturated heterocycles. The van der Waals surface area contributed by atoms with E-state index >= 15 is 0 Å². The molecule has 4 rings (SSSR count). The summed E-state index contributed by atoms with van der Waals surface area (Å²) >= 11 is 0. The van der Waals surface area contributed by atoms with Crippen LogP contribution in [0.1, 0.15) is 33.9 Å². The van der Waals surface area contributed by atoms with E-state index in [0.717, 1.165) is 22.3 Å². The summed E-state index contributed by atoms with van der Waals surface area (Å²) in [6, 6.07) is 25.7. The van der Waals surface area contributed by atoms with Crippen LogP contribution in [0.15, 0.2) is 84.6 Å². The molecule has 1 aliphatic rings. The molecular weight excluding hydrogens is 346 g/mol. The Hall–Kier alpha value is -3.33. The van der Waals surface area contributed by atoms with Gasteiger partial charge in [-0.2, -0.15) is 0 Å². The highest BCUT2D eigenvalue weighted by molar-refractivity contribution is 6.05. The first-order valence-electron chi connectivity index (χ1n) is 9.46. The second-order valence-corrected chi connectivity index (χ2v) is 7.36. The van der Waals surface area contributed by atoms with Crippen molar-refractivity contribution in [3.63, 3.8) is 0 Å². The highest BCUT2D eigenvalue weighted by Gasteiger charge is 2.40. The van der Waals surface area contributed by atoms with Gasteiger partial charge >= 0.3 is 0 Å². The average Bonchev–Trinajstić information content (AvgIpc) is 2.96. The van der Waals surface area contributed by atoms with E-state index in [0.29, 0.717) is 12.1 Å². The van der Waals surface area contributed by atoms with Crippen LogP contribution in [0.2, 0.25) is 0 Å². The molecule has 1 aliphatic heterocycles. The SMILES string of the molecule is Cc1ccc(CN2C(=O)C(O)=C(c3ccccc3)[C@H]2c2ccc(C)cc2)cc1. The molecule has 3 aromatic rings. The molecule has 0 spiro atoms. The molecule has 3 heteroatoms. The first kappa shape index (κ1) is 18.1. The van der Waals surface area contributed by atoms with Crippen LogP contribution in [0.3, 0.4) is 0 Å². The Labute approximate surface area is 165 Å². The standard InChI is InChI=1S/C25H23NO2/c1-17-8-12-19(13-9-17)16-26-23(21-14-10-18(2)11-15-21)22(24(27)25(26)28)20-6-4-3-5-7-20/h3-15,23,27H,16H2,1-2H3/t23-/m1/s1. The number of carbonyl (C=O) groups excluding carboxylic acids is 1. The van der Waals surface area contributed by atoms with Gasteiger partial charge in [-0.1, -0.05) is 90.0 Å². The zero-order chi connectivity index (χ0) is 19.7. The van der Waals surface area contributed by atoms with E-state index in [2.05, 4.69) is 0 Å². The summed E-state index contributed by atoms with van der Waals surface area (Å²) in [6.07, 6.45) is 0. The Bertz CT molecular complexity index is 1020. The maximum absolute atomic E-state index is 13.0. The molecule has 0 fully saturated rings. The number of aliphatic hydroxyl groups is 1. The number of rotatable bonds is 4. The molecule has 0 aliphatic carbocycles. The van der Waals surface area contributed by atoms with E-state index in [1.807, 2.05) is 92.7 Å². The van der Waals surface area contributed by atoms with Gasteiger partial charge in [-0.05, 0) is 30.5 Å². The Kier molecular flexibility index (Phi) is 4.74. The molecule has 3 aromatic carbocycles. The van der Waals surface area contributed by atoms with Crippen LogP contribution in [0.4, 0.5) is 0 Å². The summed E-state index contributed by atoms with van der Waals surface area (Å²) in [6.45, 7) is 4.53. The molecule has 0 aromatic heterocycles. The van der Waals surface area contributed by atoms with Crippen molar-refractivity contribution in [3.05, 3.63) is 112 Å². The molecule has 28 heavy (non-hydrogen) atoms. The number of aryl methyl sites for hydroxylation is 2. The number of amides is 1. The zero-order valence-electron chi connectivity index (χ0n) is 16.1. The number of hydrogen-bond donors (Lipinski definition) is 1. The van der Waals surface area contributed by atoms with Gasteiger partial charge in [0.15, 0.2) is 5.76 Å². The molecule has 1 amide bonds. The van der Waals surface area contributed by atoms with Crippen molar-refractivity contribution in [2.45, 2.75) is 26.4 Å². The molecule has 1 heterocycles. The second kappa shape index (κ2) is 7.35. The predicted molar refractivity (Wildman–Crippen MR) is 112 cm³/mol. The van der Waals surface area contributed by atoms with Gasteiger partial charge in [0.2, 0.25) is 0 Å². The quantitative estimate of drug-likeness (QED) is 0.673. The van der Waals surface area contributed by atoms with Crippen LogP contribution in [-0.4, -0.2) is 15.9 Å². The summed E-state index contributed by atoms with van der Waals surface area (Å²) in [5.41, 5.74) is 5.91. The smallest absolute Gasteiger partial charge is 0.290 e. The third kappa shape index (κ3) is 3.31. The highest BCUT2D eigenvalue weighted by atomic mass is 16.3. The topological polar surface area (TPSA) is 40.5 Å². The first-order chi connectivity index (χ1) is 13.5. The van der Waals surface area contributed by atoms with Crippen LogP contribution in [0.25, 0.3) is 5.57 Å². The monoisotopic (exact) mass is 369 g/mol. The van der Waals surface area contributed by atoms with Gasteiger partial charge in [-0.25, -0.2) is 0 Å². The second-order valence-electron chi connectivity index (χ2n) is 7.36. The molecule has 1 atom stereocenters. The lowest BCUT2D eigenvalue weighted by Gasteiger charge is -2.27. The predicted octanol–water partition coefficient (Wildman–Crippen LogP) is 5.36. The van der Waals surface area contributed by atoms with Crippen molar-refractivity contribution in [1.82, 2.24) is 4.90 Å². The molecule has 0 unspecified atom stereocenters. The van der Waals surface area contributed by atoms with Crippen LogP contribution < -0.4 is 0 Å². The van der Waals surface area contributed by atoms with Gasteiger partial charge in [0.05, 0.1) is 6.04 Å². The molecule has 3 nitrogen and oxygen atoms in total. The molecule has 0 radical (unpaired) electrons. The lowest BCUT2D eigenvalue weighted by atomic mass is 9.93. The van der Waals surface area contributed by atoms with Crippen molar-refractivity contribution >= 4 is 11.5 Å². The summed E-state index contributed by atoms with van der Waals surface area (Å²) in [5.74, 6) is -0.492. The maximum Gasteiger partial charge on any atom is 0.290 e. The van der Waals surface area contributed by atoms with Gasteiger partial charge in [-0.15, -0.1) is 0 Å². The van der Waals surface area contributed by atoms with E-state index in [1.165, 1.54) is 5.56 Å². The number of carbonyl (C=O) groups is 1. The van der Waals surface area contributed by atoms with E-state index < -0.39 is 0 Å². The van der Waals surface area contributed by atoms with Gasteiger partial charge in [-0.3, -0.25) is 4.79 Å². The van der Waals surface area contributed by atoms with Crippen molar-refractivity contribution in [1.29, 1.82) is 0 Å². The molecular formula is C25H23NO2. The Morgan fingerprint density at radius 1 is 0.821 bits per heavy atom. The highest BCUT2D eigenvalue weighted by Crippen LogP contribution is 2.43. The minimum atomic E-state index is -0.329. The third-order valence-electron chi connectivity index (χ3n) is 5.26. The van der Waals surface area contributed by atoms with E-state index in [9.17, 15) is 9.90 Å². The maximum atomic E-state index is 13.0. The summed E-state index contributed by atoms with van der Waals surface area (Å²) in [7, 11) is 0. The Morgan fingerprint density at radius 2 is 1.39 bits per heavy atom. The normalized spacial score (nSPS) is 16.7. The van der Waals surface area contributed by atoms with Crippen LogP contribution >= 0.6 is 0 Å². The summed E-state index contributed by atoms with van der Waals surface area (Å²) < 4.78 is 0.